The van der Waals surface area contributed by atoms with Crippen LogP contribution in [0.5, 0.6) is 0 Å². The van der Waals surface area contributed by atoms with Crippen LogP contribution in [0, 0.1) is 0 Å². The van der Waals surface area contributed by atoms with Crippen LogP contribution < -0.4 is 5.19 Å². The highest BCUT2D eigenvalue weighted by molar-refractivity contribution is 6.93. The van der Waals surface area contributed by atoms with Gasteiger partial charge >= 0.3 is 0 Å². The molecule has 0 amide bonds. The van der Waals surface area contributed by atoms with Gasteiger partial charge in [-0.05, 0) is 12.5 Å². The highest BCUT2D eigenvalue weighted by Gasteiger charge is 2.34. The van der Waals surface area contributed by atoms with Crippen LogP contribution in [0.15, 0.2) is 42.5 Å². The van der Waals surface area contributed by atoms with Crippen LogP contribution in [0.4, 0.5) is 0 Å². The maximum Gasteiger partial charge on any atom is 0.0870 e. The van der Waals surface area contributed by atoms with Crippen LogP contribution in [-0.4, -0.2) is 16.1 Å². The number of allylic oxidation sites excluding steroid dienone is 2. The largest absolute Gasteiger partial charge is 0.0917 e. The lowest BCUT2D eigenvalue weighted by atomic mass is 10.4. The Morgan fingerprint density at radius 3 is 2.00 bits per heavy atom. The summed E-state index contributed by atoms with van der Waals surface area (Å²) in [5.41, 5.74) is 0.775. The summed E-state index contributed by atoms with van der Waals surface area (Å²) in [4.78, 5) is 0. The van der Waals surface area contributed by atoms with Gasteiger partial charge in [0.1, 0.15) is 0 Å². The fraction of sp³-hybridized carbons (Fsp3) is 0.500. The zero-order chi connectivity index (χ0) is 13.8. The lowest BCUT2D eigenvalue weighted by molar-refractivity contribution is 1.09. The first kappa shape index (κ1) is 15.5. The van der Waals surface area contributed by atoms with Gasteiger partial charge in [-0.25, -0.2) is 0 Å². The van der Waals surface area contributed by atoms with E-state index >= 15 is 0 Å². The van der Waals surface area contributed by atoms with E-state index in [1.54, 1.807) is 5.19 Å². The smallest absolute Gasteiger partial charge is 0.0870 e. The molecule has 0 aliphatic carbocycles. The zero-order valence-electron chi connectivity index (χ0n) is 12.8. The Morgan fingerprint density at radius 2 is 1.56 bits per heavy atom. The molecule has 0 aliphatic heterocycles. The van der Waals surface area contributed by atoms with Crippen molar-refractivity contribution < 1.29 is 0 Å². The highest BCUT2D eigenvalue weighted by Crippen LogP contribution is 2.32. The normalized spacial score (nSPS) is 15.0. The van der Waals surface area contributed by atoms with E-state index in [1.807, 2.05) is 0 Å². The Labute approximate surface area is 115 Å². The first-order chi connectivity index (χ1) is 8.27. The summed E-state index contributed by atoms with van der Waals surface area (Å²) in [6.45, 7) is 14.7. The zero-order valence-corrected chi connectivity index (χ0v) is 14.8. The average Bonchev–Trinajstić information content (AvgIpc) is 2.28. The first-order valence-electron chi connectivity index (χ1n) is 6.96. The molecule has 0 saturated heterocycles. The fourth-order valence-electron chi connectivity index (χ4n) is 2.54. The van der Waals surface area contributed by atoms with E-state index in [0.29, 0.717) is 0 Å². The monoisotopic (exact) mass is 276 g/mol. The molecule has 1 aromatic rings. The van der Waals surface area contributed by atoms with Crippen molar-refractivity contribution in [1.29, 1.82) is 0 Å². The van der Waals surface area contributed by atoms with Crippen molar-refractivity contribution in [1.82, 2.24) is 0 Å². The molecule has 0 fully saturated rings. The van der Waals surface area contributed by atoms with Crippen LogP contribution >= 0.6 is 0 Å². The second-order valence-electron chi connectivity index (χ2n) is 6.98. The van der Waals surface area contributed by atoms with Crippen LogP contribution in [-0.2, 0) is 0 Å². The third kappa shape index (κ3) is 4.25. The molecule has 2 heteroatoms. The van der Waals surface area contributed by atoms with Crippen LogP contribution in [0.1, 0.15) is 6.92 Å². The Hall–Kier alpha value is -0.606. The average molecular weight is 277 g/mol. The third-order valence-electron chi connectivity index (χ3n) is 3.70. The van der Waals surface area contributed by atoms with Gasteiger partial charge < -0.3 is 0 Å². The maximum absolute atomic E-state index is 2.52. The van der Waals surface area contributed by atoms with Gasteiger partial charge in [-0.3, -0.25) is 0 Å². The van der Waals surface area contributed by atoms with Crippen molar-refractivity contribution in [2.75, 3.05) is 0 Å². The van der Waals surface area contributed by atoms with E-state index in [2.05, 4.69) is 82.1 Å². The standard InChI is InChI=1S/C16H28Si2/c1-7-11-16(14-17(2,3)4)18(5,6)15-12-9-8-10-13-15/h7-13,16H,14H2,1-6H3/b11-7-/t16-/m1/s1. The van der Waals surface area contributed by atoms with E-state index < -0.39 is 16.1 Å². The van der Waals surface area contributed by atoms with Crippen molar-refractivity contribution in [2.45, 2.75) is 51.2 Å². The lowest BCUT2D eigenvalue weighted by Gasteiger charge is -2.34. The Kier molecular flexibility index (Phi) is 5.17. The molecule has 100 valence electrons. The molecule has 18 heavy (non-hydrogen) atoms. The summed E-state index contributed by atoms with van der Waals surface area (Å²) < 4.78 is 0. The lowest BCUT2D eigenvalue weighted by Crippen LogP contribution is -2.47. The van der Waals surface area contributed by atoms with Gasteiger partial charge in [-0.2, -0.15) is 0 Å². The van der Waals surface area contributed by atoms with Gasteiger partial charge in [0.15, 0.2) is 0 Å². The minimum atomic E-state index is -1.39. The van der Waals surface area contributed by atoms with E-state index in [1.165, 1.54) is 6.04 Å². The van der Waals surface area contributed by atoms with Gasteiger partial charge in [0.25, 0.3) is 0 Å². The number of benzene rings is 1. The molecule has 0 radical (unpaired) electrons. The van der Waals surface area contributed by atoms with Gasteiger partial charge in [0, 0.05) is 8.07 Å². The highest BCUT2D eigenvalue weighted by atomic mass is 28.3. The van der Waals surface area contributed by atoms with Crippen LogP contribution in [0.3, 0.4) is 0 Å². The van der Waals surface area contributed by atoms with Crippen molar-refractivity contribution >= 4 is 21.3 Å². The van der Waals surface area contributed by atoms with Gasteiger partial charge in [0.2, 0.25) is 0 Å². The first-order valence-corrected chi connectivity index (χ1v) is 13.7. The van der Waals surface area contributed by atoms with Gasteiger partial charge in [0.05, 0.1) is 8.07 Å². The summed E-state index contributed by atoms with van der Waals surface area (Å²) in [5.74, 6) is 0. The van der Waals surface area contributed by atoms with E-state index in [0.717, 1.165) is 5.54 Å². The molecule has 0 spiro atoms. The molecule has 0 bridgehead atoms. The van der Waals surface area contributed by atoms with E-state index in [-0.39, 0.29) is 0 Å². The fourth-order valence-corrected chi connectivity index (χ4v) is 10.0. The predicted molar refractivity (Wildman–Crippen MR) is 90.3 cm³/mol. The number of hydrogen-bond acceptors (Lipinski definition) is 0. The topological polar surface area (TPSA) is 0 Å². The molecule has 0 aromatic heterocycles. The summed E-state index contributed by atoms with van der Waals surface area (Å²) in [7, 11) is -2.41. The summed E-state index contributed by atoms with van der Waals surface area (Å²) in [6, 6.07) is 12.6. The molecular formula is C16H28Si2. The molecule has 0 N–H and O–H groups in total. The third-order valence-corrected chi connectivity index (χ3v) is 9.85. The Bertz CT molecular complexity index is 385. The van der Waals surface area contributed by atoms with Crippen molar-refractivity contribution in [2.24, 2.45) is 0 Å². The summed E-state index contributed by atoms with van der Waals surface area (Å²) >= 11 is 0. The molecule has 0 nitrogen and oxygen atoms in total. The van der Waals surface area contributed by atoms with Gasteiger partial charge in [-0.1, -0.05) is 86.4 Å². The molecule has 0 heterocycles. The second-order valence-corrected chi connectivity index (χ2v) is 17.3. The minimum Gasteiger partial charge on any atom is -0.0917 e. The van der Waals surface area contributed by atoms with Crippen molar-refractivity contribution in [3.8, 4) is 0 Å². The Morgan fingerprint density at radius 1 is 1.00 bits per heavy atom. The van der Waals surface area contributed by atoms with Crippen LogP contribution in [0.2, 0.25) is 44.3 Å². The number of hydrogen-bond donors (Lipinski definition) is 0. The summed E-state index contributed by atoms with van der Waals surface area (Å²) in [5, 5.41) is 1.59. The second kappa shape index (κ2) is 6.02. The molecule has 1 rings (SSSR count). The molecule has 0 aliphatic rings. The summed E-state index contributed by atoms with van der Waals surface area (Å²) in [6.07, 6.45) is 4.72. The molecule has 0 saturated carbocycles. The molecule has 1 atom stereocenters. The molecular weight excluding hydrogens is 248 g/mol. The van der Waals surface area contributed by atoms with Gasteiger partial charge in [-0.15, -0.1) is 0 Å². The molecule has 1 aromatic carbocycles. The van der Waals surface area contributed by atoms with Crippen LogP contribution in [0.25, 0.3) is 0 Å². The number of rotatable bonds is 5. The minimum absolute atomic E-state index is 0.775. The quantitative estimate of drug-likeness (QED) is 0.531. The SMILES string of the molecule is C/C=C\[C@H](C[Si](C)(C)C)[Si](C)(C)c1ccccc1. The predicted octanol–water partition coefficient (Wildman–Crippen LogP) is 4.89. The van der Waals surface area contributed by atoms with E-state index in [9.17, 15) is 0 Å². The Balaban J connectivity index is 3.04. The van der Waals surface area contributed by atoms with Crippen molar-refractivity contribution in [3.05, 3.63) is 42.5 Å². The molecule has 0 unspecified atom stereocenters. The maximum atomic E-state index is 2.52. The van der Waals surface area contributed by atoms with Crippen molar-refractivity contribution in [3.63, 3.8) is 0 Å². The van der Waals surface area contributed by atoms with E-state index in [4.69, 9.17) is 0 Å².